The molecular formula is C16H20N2O3S. The zero-order valence-corrected chi connectivity index (χ0v) is 13.7. The summed E-state index contributed by atoms with van der Waals surface area (Å²) in [7, 11) is 0. The van der Waals surface area contributed by atoms with Crippen molar-refractivity contribution in [2.45, 2.75) is 32.9 Å². The van der Waals surface area contributed by atoms with Gasteiger partial charge in [0.1, 0.15) is 5.76 Å². The molecule has 1 fully saturated rings. The summed E-state index contributed by atoms with van der Waals surface area (Å²) in [5, 5.41) is 1.93. The Balaban J connectivity index is 1.67. The first-order valence-electron chi connectivity index (χ1n) is 7.45. The molecule has 1 aliphatic heterocycles. The largest absolute Gasteiger partial charge is 0.444 e. The van der Waals surface area contributed by atoms with Gasteiger partial charge < -0.3 is 9.15 Å². The third-order valence-corrected chi connectivity index (χ3v) is 4.89. The molecule has 0 radical (unpaired) electrons. The van der Waals surface area contributed by atoms with Gasteiger partial charge in [0.15, 0.2) is 5.78 Å². The molecule has 0 saturated carbocycles. The number of Topliss-reactive ketones (excluding diaryl/α,β-unsaturated/α-hetero) is 1. The van der Waals surface area contributed by atoms with Crippen LogP contribution in [0.1, 0.15) is 33.4 Å². The number of hydrogen-bond donors (Lipinski definition) is 0. The van der Waals surface area contributed by atoms with E-state index in [1.165, 1.54) is 11.3 Å². The fraction of sp³-hybridized carbons (Fsp3) is 0.500. The van der Waals surface area contributed by atoms with Crippen molar-refractivity contribution in [3.63, 3.8) is 0 Å². The van der Waals surface area contributed by atoms with Crippen molar-refractivity contribution < 1.29 is 13.9 Å². The van der Waals surface area contributed by atoms with Gasteiger partial charge in [0.25, 0.3) is 0 Å². The number of aryl methyl sites for hydroxylation is 2. The zero-order valence-electron chi connectivity index (χ0n) is 12.9. The maximum Gasteiger partial charge on any atom is 0.208 e. The number of carbonyl (C=O) groups excluding carboxylic acids is 1. The summed E-state index contributed by atoms with van der Waals surface area (Å²) in [5.74, 6) is 1.75. The molecule has 0 aliphatic carbocycles. The van der Waals surface area contributed by atoms with Crippen LogP contribution in [0.25, 0.3) is 0 Å². The van der Waals surface area contributed by atoms with Crippen LogP contribution in [0.2, 0.25) is 0 Å². The number of oxazole rings is 1. The molecule has 0 bridgehead atoms. The lowest BCUT2D eigenvalue weighted by molar-refractivity contribution is -0.0159. The Hall–Kier alpha value is -1.50. The van der Waals surface area contributed by atoms with Crippen LogP contribution in [0.15, 0.2) is 21.9 Å². The van der Waals surface area contributed by atoms with Gasteiger partial charge >= 0.3 is 0 Å². The monoisotopic (exact) mass is 320 g/mol. The standard InChI is InChI=1S/C16H20N2O3S/c1-11-12(2)21-16(17-11)9-18-5-6-20-10-13(18)8-14(19)15-4-3-7-22-15/h3-4,7,13H,5-6,8-10H2,1-2H3/t13-/m1/s1. The topological polar surface area (TPSA) is 55.6 Å². The van der Waals surface area contributed by atoms with Gasteiger partial charge in [0.05, 0.1) is 30.3 Å². The van der Waals surface area contributed by atoms with E-state index in [2.05, 4.69) is 9.88 Å². The minimum atomic E-state index is 0.0795. The quantitative estimate of drug-likeness (QED) is 0.793. The lowest BCUT2D eigenvalue weighted by atomic mass is 10.1. The van der Waals surface area contributed by atoms with Crippen LogP contribution in [0.4, 0.5) is 0 Å². The molecule has 118 valence electrons. The Kier molecular flexibility index (Phi) is 4.71. The number of thiophene rings is 1. The van der Waals surface area contributed by atoms with Crippen LogP contribution in [0.3, 0.4) is 0 Å². The second kappa shape index (κ2) is 6.73. The van der Waals surface area contributed by atoms with Gasteiger partial charge in [0.2, 0.25) is 5.89 Å². The van der Waals surface area contributed by atoms with E-state index in [0.29, 0.717) is 32.1 Å². The van der Waals surface area contributed by atoms with Crippen LogP contribution >= 0.6 is 11.3 Å². The number of carbonyl (C=O) groups is 1. The second-order valence-corrected chi connectivity index (χ2v) is 6.50. The van der Waals surface area contributed by atoms with Gasteiger partial charge in [0, 0.05) is 19.0 Å². The number of hydrogen-bond acceptors (Lipinski definition) is 6. The van der Waals surface area contributed by atoms with E-state index >= 15 is 0 Å². The number of rotatable bonds is 5. The molecule has 0 aromatic carbocycles. The van der Waals surface area contributed by atoms with Gasteiger partial charge in [-0.05, 0) is 25.3 Å². The fourth-order valence-electron chi connectivity index (χ4n) is 2.62. The van der Waals surface area contributed by atoms with Gasteiger partial charge in [-0.25, -0.2) is 4.98 Å². The van der Waals surface area contributed by atoms with E-state index in [9.17, 15) is 4.79 Å². The number of aromatic nitrogens is 1. The van der Waals surface area contributed by atoms with Crippen molar-refractivity contribution in [3.05, 3.63) is 39.7 Å². The molecule has 3 heterocycles. The number of morpholine rings is 1. The summed E-state index contributed by atoms with van der Waals surface area (Å²) in [6.07, 6.45) is 0.471. The number of nitrogens with zero attached hydrogens (tertiary/aromatic N) is 2. The average Bonchev–Trinajstić information content (AvgIpc) is 3.12. The highest BCUT2D eigenvalue weighted by atomic mass is 32.1. The summed E-state index contributed by atoms with van der Waals surface area (Å²) in [5.41, 5.74) is 0.925. The van der Waals surface area contributed by atoms with Gasteiger partial charge in [-0.15, -0.1) is 11.3 Å². The summed E-state index contributed by atoms with van der Waals surface area (Å²) >= 11 is 1.49. The minimum Gasteiger partial charge on any atom is -0.444 e. The van der Waals surface area contributed by atoms with Crippen molar-refractivity contribution in [1.29, 1.82) is 0 Å². The van der Waals surface area contributed by atoms with Crippen LogP contribution < -0.4 is 0 Å². The Bertz CT molecular complexity index is 616. The molecule has 0 spiro atoms. The number of ether oxygens (including phenoxy) is 1. The lowest BCUT2D eigenvalue weighted by Gasteiger charge is -2.34. The van der Waals surface area contributed by atoms with Crippen molar-refractivity contribution in [3.8, 4) is 0 Å². The van der Waals surface area contributed by atoms with E-state index in [0.717, 1.165) is 22.9 Å². The summed E-state index contributed by atoms with van der Waals surface area (Å²) in [4.78, 5) is 19.8. The molecule has 1 saturated heterocycles. The van der Waals surface area contributed by atoms with Crippen LogP contribution in [-0.2, 0) is 11.3 Å². The highest BCUT2D eigenvalue weighted by molar-refractivity contribution is 7.12. The Morgan fingerprint density at radius 2 is 2.36 bits per heavy atom. The van der Waals surface area contributed by atoms with E-state index in [1.54, 1.807) is 0 Å². The van der Waals surface area contributed by atoms with E-state index in [-0.39, 0.29) is 11.8 Å². The highest BCUT2D eigenvalue weighted by Crippen LogP contribution is 2.20. The first-order valence-corrected chi connectivity index (χ1v) is 8.33. The van der Waals surface area contributed by atoms with E-state index < -0.39 is 0 Å². The third-order valence-electron chi connectivity index (χ3n) is 3.98. The predicted molar refractivity (Wildman–Crippen MR) is 84.3 cm³/mol. The van der Waals surface area contributed by atoms with Crippen molar-refractivity contribution in [1.82, 2.24) is 9.88 Å². The van der Waals surface area contributed by atoms with Gasteiger partial charge in [-0.2, -0.15) is 0 Å². The van der Waals surface area contributed by atoms with Crippen molar-refractivity contribution >= 4 is 17.1 Å². The second-order valence-electron chi connectivity index (χ2n) is 5.55. The Morgan fingerprint density at radius 1 is 1.50 bits per heavy atom. The maximum absolute atomic E-state index is 12.3. The molecule has 6 heteroatoms. The predicted octanol–water partition coefficient (Wildman–Crippen LogP) is 2.83. The minimum absolute atomic E-state index is 0.0795. The highest BCUT2D eigenvalue weighted by Gasteiger charge is 2.27. The van der Waals surface area contributed by atoms with E-state index in [4.69, 9.17) is 9.15 Å². The van der Waals surface area contributed by atoms with Crippen molar-refractivity contribution in [2.75, 3.05) is 19.8 Å². The fourth-order valence-corrected chi connectivity index (χ4v) is 3.29. The molecule has 1 aliphatic rings. The lowest BCUT2D eigenvalue weighted by Crippen LogP contribution is -2.45. The number of ketones is 1. The van der Waals surface area contributed by atoms with Crippen LogP contribution in [0.5, 0.6) is 0 Å². The first-order chi connectivity index (χ1) is 10.6. The smallest absolute Gasteiger partial charge is 0.208 e. The van der Waals surface area contributed by atoms with E-state index in [1.807, 2.05) is 31.4 Å². The molecule has 0 unspecified atom stereocenters. The molecule has 5 nitrogen and oxygen atoms in total. The first kappa shape index (κ1) is 15.4. The molecule has 0 N–H and O–H groups in total. The SMILES string of the molecule is Cc1nc(CN2CCOC[C@H]2CC(=O)c2cccs2)oc1C. The maximum atomic E-state index is 12.3. The van der Waals surface area contributed by atoms with Gasteiger partial charge in [-0.1, -0.05) is 6.07 Å². The average molecular weight is 320 g/mol. The molecular weight excluding hydrogens is 300 g/mol. The molecule has 1 atom stereocenters. The van der Waals surface area contributed by atoms with Crippen LogP contribution in [-0.4, -0.2) is 41.5 Å². The molecule has 22 heavy (non-hydrogen) atoms. The third kappa shape index (κ3) is 3.45. The molecule has 2 aromatic rings. The summed E-state index contributed by atoms with van der Waals surface area (Å²) in [6, 6.07) is 3.86. The molecule has 2 aromatic heterocycles. The van der Waals surface area contributed by atoms with Crippen molar-refractivity contribution in [2.24, 2.45) is 0 Å². The molecule has 0 amide bonds. The Morgan fingerprint density at radius 3 is 3.05 bits per heavy atom. The van der Waals surface area contributed by atoms with Crippen LogP contribution in [0, 0.1) is 13.8 Å². The molecule has 3 rings (SSSR count). The zero-order chi connectivity index (χ0) is 15.5. The van der Waals surface area contributed by atoms with Gasteiger partial charge in [-0.3, -0.25) is 9.69 Å². The summed E-state index contributed by atoms with van der Waals surface area (Å²) < 4.78 is 11.2. The Labute approximate surface area is 133 Å². The summed E-state index contributed by atoms with van der Waals surface area (Å²) in [6.45, 7) is 6.55. The normalized spacial score (nSPS) is 19.5.